The number of hydrogen-bond acceptors (Lipinski definition) is 3. The lowest BCUT2D eigenvalue weighted by molar-refractivity contribution is 0.100. The van der Waals surface area contributed by atoms with Crippen molar-refractivity contribution < 1.29 is 13.9 Å². The molecule has 0 fully saturated rings. The van der Waals surface area contributed by atoms with E-state index in [1.807, 2.05) is 6.07 Å². The average Bonchev–Trinajstić information content (AvgIpc) is 2.41. The van der Waals surface area contributed by atoms with Gasteiger partial charge in [-0.3, -0.25) is 4.79 Å². The molecule has 1 amide bonds. The first-order chi connectivity index (χ1) is 9.10. The van der Waals surface area contributed by atoms with Gasteiger partial charge in [0.2, 0.25) is 5.91 Å². The average molecular weight is 256 g/mol. The molecule has 2 aromatic carbocycles. The predicted molar refractivity (Wildman–Crippen MR) is 66.1 cm³/mol. The summed E-state index contributed by atoms with van der Waals surface area (Å²) in [7, 11) is 0. The van der Waals surface area contributed by atoms with Crippen molar-refractivity contribution in [1.29, 1.82) is 5.26 Å². The molecule has 0 atom stereocenters. The van der Waals surface area contributed by atoms with E-state index in [9.17, 15) is 9.18 Å². The van der Waals surface area contributed by atoms with Crippen molar-refractivity contribution in [3.8, 4) is 17.6 Å². The first-order valence-corrected chi connectivity index (χ1v) is 5.37. The number of primary amides is 1. The molecule has 0 unspecified atom stereocenters. The summed E-state index contributed by atoms with van der Waals surface area (Å²) >= 11 is 0. The second kappa shape index (κ2) is 5.19. The van der Waals surface area contributed by atoms with Crippen molar-refractivity contribution in [2.75, 3.05) is 0 Å². The Balaban J connectivity index is 2.22. The maximum atomic E-state index is 13.6. The van der Waals surface area contributed by atoms with Crippen molar-refractivity contribution in [1.82, 2.24) is 0 Å². The van der Waals surface area contributed by atoms with Crippen LogP contribution in [0.15, 0.2) is 42.5 Å². The number of hydrogen-bond donors (Lipinski definition) is 1. The zero-order chi connectivity index (χ0) is 13.8. The van der Waals surface area contributed by atoms with Gasteiger partial charge >= 0.3 is 0 Å². The number of benzene rings is 2. The van der Waals surface area contributed by atoms with E-state index in [-0.39, 0.29) is 11.3 Å². The summed E-state index contributed by atoms with van der Waals surface area (Å²) in [6.07, 6.45) is 0. The molecule has 19 heavy (non-hydrogen) atoms. The number of rotatable bonds is 3. The van der Waals surface area contributed by atoms with Crippen molar-refractivity contribution >= 4 is 5.91 Å². The second-order valence-corrected chi connectivity index (χ2v) is 3.75. The van der Waals surface area contributed by atoms with Gasteiger partial charge in [0.15, 0.2) is 11.6 Å². The van der Waals surface area contributed by atoms with Gasteiger partial charge in [0.05, 0.1) is 11.6 Å². The number of amides is 1. The largest absolute Gasteiger partial charge is 0.454 e. The summed E-state index contributed by atoms with van der Waals surface area (Å²) < 4.78 is 18.9. The van der Waals surface area contributed by atoms with Crippen molar-refractivity contribution in [2.45, 2.75) is 0 Å². The summed E-state index contributed by atoms with van der Waals surface area (Å²) in [6, 6.07) is 11.7. The van der Waals surface area contributed by atoms with Crippen LogP contribution in [0.25, 0.3) is 0 Å². The Bertz CT molecular complexity index is 660. The lowest BCUT2D eigenvalue weighted by Gasteiger charge is -2.07. The van der Waals surface area contributed by atoms with E-state index in [0.29, 0.717) is 11.3 Å². The fourth-order valence-electron chi connectivity index (χ4n) is 1.47. The fourth-order valence-corrected chi connectivity index (χ4v) is 1.47. The molecule has 0 bridgehead atoms. The normalized spacial score (nSPS) is 9.68. The maximum Gasteiger partial charge on any atom is 0.248 e. The lowest BCUT2D eigenvalue weighted by atomic mass is 10.2. The van der Waals surface area contributed by atoms with E-state index in [0.717, 1.165) is 6.07 Å². The Kier molecular flexibility index (Phi) is 3.44. The van der Waals surface area contributed by atoms with Crippen molar-refractivity contribution in [3.05, 3.63) is 59.4 Å². The molecule has 5 heteroatoms. The quantitative estimate of drug-likeness (QED) is 0.916. The first kappa shape index (κ1) is 12.6. The van der Waals surface area contributed by atoms with Crippen molar-refractivity contribution in [2.24, 2.45) is 5.73 Å². The summed E-state index contributed by atoms with van der Waals surface area (Å²) in [5, 5.41) is 8.62. The molecule has 0 aromatic heterocycles. The van der Waals surface area contributed by atoms with E-state index in [1.54, 1.807) is 0 Å². The predicted octanol–water partition coefficient (Wildman–Crippen LogP) is 2.59. The van der Waals surface area contributed by atoms with Crippen LogP contribution in [0.2, 0.25) is 0 Å². The Labute approximate surface area is 108 Å². The summed E-state index contributed by atoms with van der Waals surface area (Å²) in [5.41, 5.74) is 5.66. The van der Waals surface area contributed by atoms with Crippen LogP contribution in [-0.2, 0) is 0 Å². The fraction of sp³-hybridized carbons (Fsp3) is 0. The molecule has 4 nitrogen and oxygen atoms in total. The van der Waals surface area contributed by atoms with Gasteiger partial charge in [-0.25, -0.2) is 4.39 Å². The molecule has 0 aliphatic rings. The van der Waals surface area contributed by atoms with Crippen LogP contribution in [0.3, 0.4) is 0 Å². The van der Waals surface area contributed by atoms with Gasteiger partial charge in [0.1, 0.15) is 5.75 Å². The topological polar surface area (TPSA) is 76.1 Å². The zero-order valence-electron chi connectivity index (χ0n) is 9.76. The third-order valence-corrected chi connectivity index (χ3v) is 2.43. The second-order valence-electron chi connectivity index (χ2n) is 3.75. The van der Waals surface area contributed by atoms with E-state index in [4.69, 9.17) is 15.7 Å². The number of halogens is 1. The minimum Gasteiger partial charge on any atom is -0.454 e. The monoisotopic (exact) mass is 256 g/mol. The summed E-state index contributed by atoms with van der Waals surface area (Å²) in [5.74, 6) is -0.798. The van der Waals surface area contributed by atoms with Crippen LogP contribution in [-0.4, -0.2) is 5.91 Å². The SMILES string of the molecule is N#Cc1ccc(Oc2ccc(C(N)=O)cc2)c(F)c1. The van der Waals surface area contributed by atoms with Crippen LogP contribution in [0, 0.1) is 17.1 Å². The van der Waals surface area contributed by atoms with Crippen LogP contribution >= 0.6 is 0 Å². The van der Waals surface area contributed by atoms with Crippen molar-refractivity contribution in [3.63, 3.8) is 0 Å². The van der Waals surface area contributed by atoms with Crippen LogP contribution in [0.1, 0.15) is 15.9 Å². The van der Waals surface area contributed by atoms with E-state index >= 15 is 0 Å². The van der Waals surface area contributed by atoms with Gasteiger partial charge in [-0.1, -0.05) is 0 Å². The third kappa shape index (κ3) is 2.87. The highest BCUT2D eigenvalue weighted by Gasteiger charge is 2.07. The molecule has 2 aromatic rings. The molecule has 0 aliphatic carbocycles. The Morgan fingerprint density at radius 1 is 1.21 bits per heavy atom. The molecule has 2 N–H and O–H groups in total. The Morgan fingerprint density at radius 3 is 2.42 bits per heavy atom. The number of nitriles is 1. The number of carbonyl (C=O) groups excluding carboxylic acids is 1. The Hall–Kier alpha value is -2.87. The van der Waals surface area contributed by atoms with E-state index in [1.165, 1.54) is 36.4 Å². The molecule has 0 aliphatic heterocycles. The highest BCUT2D eigenvalue weighted by Crippen LogP contribution is 2.25. The molecular weight excluding hydrogens is 247 g/mol. The van der Waals surface area contributed by atoms with Crippen LogP contribution in [0.4, 0.5) is 4.39 Å². The molecule has 0 saturated carbocycles. The number of nitrogens with zero attached hydrogens (tertiary/aromatic N) is 1. The number of ether oxygens (including phenoxy) is 1. The van der Waals surface area contributed by atoms with E-state index in [2.05, 4.69) is 0 Å². The minimum absolute atomic E-state index is 0.00539. The number of nitrogens with two attached hydrogens (primary N) is 1. The van der Waals surface area contributed by atoms with Gasteiger partial charge in [-0.2, -0.15) is 5.26 Å². The van der Waals surface area contributed by atoms with Gasteiger partial charge in [0, 0.05) is 5.56 Å². The standard InChI is InChI=1S/C14H9FN2O2/c15-12-7-9(8-16)1-6-13(12)19-11-4-2-10(3-5-11)14(17)18/h1-7H,(H2,17,18). The van der Waals surface area contributed by atoms with Gasteiger partial charge < -0.3 is 10.5 Å². The highest BCUT2D eigenvalue weighted by molar-refractivity contribution is 5.92. The zero-order valence-corrected chi connectivity index (χ0v) is 9.76. The van der Waals surface area contributed by atoms with Gasteiger partial charge in [0.25, 0.3) is 0 Å². The highest BCUT2D eigenvalue weighted by atomic mass is 19.1. The molecule has 0 radical (unpaired) electrons. The summed E-state index contributed by atoms with van der Waals surface area (Å²) in [4.78, 5) is 10.9. The van der Waals surface area contributed by atoms with Gasteiger partial charge in [-0.05, 0) is 42.5 Å². The van der Waals surface area contributed by atoms with Crippen LogP contribution in [0.5, 0.6) is 11.5 Å². The number of carbonyl (C=O) groups is 1. The molecule has 94 valence electrons. The van der Waals surface area contributed by atoms with Crippen LogP contribution < -0.4 is 10.5 Å². The van der Waals surface area contributed by atoms with E-state index < -0.39 is 11.7 Å². The Morgan fingerprint density at radius 2 is 1.89 bits per heavy atom. The summed E-state index contributed by atoms with van der Waals surface area (Å²) in [6.45, 7) is 0. The molecule has 2 rings (SSSR count). The smallest absolute Gasteiger partial charge is 0.248 e. The first-order valence-electron chi connectivity index (χ1n) is 5.37. The lowest BCUT2D eigenvalue weighted by Crippen LogP contribution is -2.10. The minimum atomic E-state index is -0.627. The maximum absolute atomic E-state index is 13.6. The molecule has 0 spiro atoms. The van der Waals surface area contributed by atoms with Gasteiger partial charge in [-0.15, -0.1) is 0 Å². The molecular formula is C14H9FN2O2. The molecule has 0 heterocycles. The third-order valence-electron chi connectivity index (χ3n) is 2.43. The molecule has 0 saturated heterocycles.